The van der Waals surface area contributed by atoms with Crippen LogP contribution in [0.25, 0.3) is 0 Å². The van der Waals surface area contributed by atoms with Crippen molar-refractivity contribution in [3.05, 3.63) is 17.0 Å². The maximum absolute atomic E-state index is 6.47. The van der Waals surface area contributed by atoms with E-state index in [4.69, 9.17) is 5.73 Å². The second kappa shape index (κ2) is 2.89. The Morgan fingerprint density at radius 3 is 2.25 bits per heavy atom. The van der Waals surface area contributed by atoms with Gasteiger partial charge in [-0.05, 0) is 46.5 Å². The third-order valence-corrected chi connectivity index (χ3v) is 4.65. The van der Waals surface area contributed by atoms with Crippen molar-refractivity contribution in [2.24, 2.45) is 5.73 Å². The Hall–Kier alpha value is -0.830. The second-order valence-corrected chi connectivity index (χ2v) is 5.60. The van der Waals surface area contributed by atoms with E-state index in [1.54, 1.807) is 0 Å². The molecule has 16 heavy (non-hydrogen) atoms. The lowest BCUT2D eigenvalue weighted by Crippen LogP contribution is -2.38. The summed E-state index contributed by atoms with van der Waals surface area (Å²) in [6, 6.07) is 0. The number of rotatable bonds is 3. The van der Waals surface area contributed by atoms with Crippen LogP contribution in [0.4, 0.5) is 0 Å². The molecular weight excluding hydrogens is 198 g/mol. The molecule has 0 radical (unpaired) electrons. The van der Waals surface area contributed by atoms with Crippen LogP contribution in [0.2, 0.25) is 0 Å². The molecule has 1 aromatic rings. The first-order valence-electron chi connectivity index (χ1n) is 6.37. The van der Waals surface area contributed by atoms with Crippen molar-refractivity contribution < 1.29 is 0 Å². The molecule has 1 heterocycles. The van der Waals surface area contributed by atoms with Crippen LogP contribution in [0.15, 0.2) is 0 Å². The van der Waals surface area contributed by atoms with Gasteiger partial charge in [0.25, 0.3) is 0 Å². The molecule has 3 rings (SSSR count). The predicted molar refractivity (Wildman–Crippen MR) is 64.4 cm³/mol. The summed E-state index contributed by atoms with van der Waals surface area (Å²) in [4.78, 5) is 0. The molecule has 0 spiro atoms. The average Bonchev–Trinajstić information content (AvgIpc) is 3.12. The highest BCUT2D eigenvalue weighted by Crippen LogP contribution is 2.64. The SMILES string of the molecule is CCn1nc(C)c(C2(C3(N)CC3)CC2)c1C. The Labute approximate surface area is 97.0 Å². The highest BCUT2D eigenvalue weighted by molar-refractivity contribution is 5.45. The van der Waals surface area contributed by atoms with Gasteiger partial charge >= 0.3 is 0 Å². The molecule has 0 bridgehead atoms. The minimum atomic E-state index is 0.101. The zero-order valence-corrected chi connectivity index (χ0v) is 10.5. The van der Waals surface area contributed by atoms with Gasteiger partial charge in [-0.15, -0.1) is 0 Å². The van der Waals surface area contributed by atoms with E-state index >= 15 is 0 Å². The molecule has 0 aromatic carbocycles. The summed E-state index contributed by atoms with van der Waals surface area (Å²) >= 11 is 0. The Morgan fingerprint density at radius 1 is 1.25 bits per heavy atom. The van der Waals surface area contributed by atoms with Crippen molar-refractivity contribution in [2.45, 2.75) is 64.0 Å². The lowest BCUT2D eigenvalue weighted by molar-refractivity contribution is 0.497. The molecule has 2 saturated carbocycles. The molecule has 0 saturated heterocycles. The van der Waals surface area contributed by atoms with Crippen LogP contribution in [-0.2, 0) is 12.0 Å². The molecule has 1 aromatic heterocycles. The number of aryl methyl sites for hydroxylation is 2. The molecule has 88 valence electrons. The molecular formula is C13H21N3. The molecule has 0 atom stereocenters. The van der Waals surface area contributed by atoms with Gasteiger partial charge in [-0.2, -0.15) is 5.10 Å². The first kappa shape index (κ1) is 10.3. The van der Waals surface area contributed by atoms with Crippen LogP contribution in [0, 0.1) is 13.8 Å². The fourth-order valence-corrected chi connectivity index (χ4v) is 3.43. The van der Waals surface area contributed by atoms with E-state index in [1.807, 2.05) is 0 Å². The van der Waals surface area contributed by atoms with Crippen LogP contribution in [-0.4, -0.2) is 15.3 Å². The first-order valence-corrected chi connectivity index (χ1v) is 6.37. The minimum Gasteiger partial charge on any atom is -0.324 e. The maximum Gasteiger partial charge on any atom is 0.0634 e. The number of hydrogen-bond acceptors (Lipinski definition) is 2. The number of nitrogens with zero attached hydrogens (tertiary/aromatic N) is 2. The van der Waals surface area contributed by atoms with E-state index in [-0.39, 0.29) is 11.0 Å². The van der Waals surface area contributed by atoms with Gasteiger partial charge in [0.1, 0.15) is 0 Å². The van der Waals surface area contributed by atoms with Crippen molar-refractivity contribution in [3.8, 4) is 0 Å². The van der Waals surface area contributed by atoms with E-state index in [0.717, 1.165) is 6.54 Å². The largest absolute Gasteiger partial charge is 0.324 e. The number of nitrogens with two attached hydrogens (primary N) is 1. The molecule has 0 unspecified atom stereocenters. The molecule has 3 heteroatoms. The summed E-state index contributed by atoms with van der Waals surface area (Å²) in [6.07, 6.45) is 4.92. The molecule has 0 amide bonds. The smallest absolute Gasteiger partial charge is 0.0634 e. The Balaban J connectivity index is 2.10. The van der Waals surface area contributed by atoms with Gasteiger partial charge in [0.05, 0.1) is 5.69 Å². The zero-order chi connectivity index (χ0) is 11.6. The van der Waals surface area contributed by atoms with E-state index in [9.17, 15) is 0 Å². The fraction of sp³-hybridized carbons (Fsp3) is 0.769. The van der Waals surface area contributed by atoms with Crippen molar-refractivity contribution in [3.63, 3.8) is 0 Å². The molecule has 2 aliphatic carbocycles. The Kier molecular flexibility index (Phi) is 1.87. The standard InChI is InChI=1S/C13H21N3/c1-4-16-10(3)11(9(2)15-16)12(5-6-12)13(14)7-8-13/h4-8,14H2,1-3H3. The third kappa shape index (κ3) is 1.10. The van der Waals surface area contributed by atoms with Gasteiger partial charge in [0, 0.05) is 28.8 Å². The van der Waals surface area contributed by atoms with Crippen LogP contribution < -0.4 is 5.73 Å². The van der Waals surface area contributed by atoms with Crippen LogP contribution in [0.1, 0.15) is 49.6 Å². The topological polar surface area (TPSA) is 43.8 Å². The van der Waals surface area contributed by atoms with Crippen molar-refractivity contribution in [1.82, 2.24) is 9.78 Å². The lowest BCUT2D eigenvalue weighted by Gasteiger charge is -2.23. The molecule has 2 aliphatic rings. The van der Waals surface area contributed by atoms with Gasteiger partial charge in [0.15, 0.2) is 0 Å². The highest BCUT2D eigenvalue weighted by Gasteiger charge is 2.65. The summed E-state index contributed by atoms with van der Waals surface area (Å²) < 4.78 is 2.12. The predicted octanol–water partition coefficient (Wildman–Crippen LogP) is 2.04. The van der Waals surface area contributed by atoms with Gasteiger partial charge in [0.2, 0.25) is 0 Å². The van der Waals surface area contributed by atoms with Crippen molar-refractivity contribution in [1.29, 1.82) is 0 Å². The minimum absolute atomic E-state index is 0.101. The van der Waals surface area contributed by atoms with E-state index in [2.05, 4.69) is 30.6 Å². The maximum atomic E-state index is 6.47. The molecule has 3 nitrogen and oxygen atoms in total. The summed E-state index contributed by atoms with van der Waals surface area (Å²) in [5, 5.41) is 4.64. The highest BCUT2D eigenvalue weighted by atomic mass is 15.3. The van der Waals surface area contributed by atoms with Gasteiger partial charge in [-0.1, -0.05) is 0 Å². The lowest BCUT2D eigenvalue weighted by atomic mass is 9.85. The molecule has 2 fully saturated rings. The summed E-state index contributed by atoms with van der Waals surface area (Å²) in [5.74, 6) is 0. The third-order valence-electron chi connectivity index (χ3n) is 4.65. The van der Waals surface area contributed by atoms with Crippen molar-refractivity contribution in [2.75, 3.05) is 0 Å². The summed E-state index contributed by atoms with van der Waals surface area (Å²) in [7, 11) is 0. The van der Waals surface area contributed by atoms with E-state index < -0.39 is 0 Å². The molecule has 2 N–H and O–H groups in total. The fourth-order valence-electron chi connectivity index (χ4n) is 3.43. The molecule has 0 aliphatic heterocycles. The van der Waals surface area contributed by atoms with Gasteiger partial charge < -0.3 is 5.73 Å². The van der Waals surface area contributed by atoms with Crippen LogP contribution in [0.5, 0.6) is 0 Å². The first-order chi connectivity index (χ1) is 7.54. The zero-order valence-electron chi connectivity index (χ0n) is 10.5. The normalized spacial score (nSPS) is 24.5. The second-order valence-electron chi connectivity index (χ2n) is 5.60. The quantitative estimate of drug-likeness (QED) is 0.845. The van der Waals surface area contributed by atoms with E-state index in [0.29, 0.717) is 0 Å². The number of hydrogen-bond donors (Lipinski definition) is 1. The van der Waals surface area contributed by atoms with Gasteiger partial charge in [-0.25, -0.2) is 0 Å². The van der Waals surface area contributed by atoms with Crippen LogP contribution in [0.3, 0.4) is 0 Å². The average molecular weight is 219 g/mol. The number of aromatic nitrogens is 2. The summed E-state index contributed by atoms with van der Waals surface area (Å²) in [5.41, 5.74) is 10.9. The monoisotopic (exact) mass is 219 g/mol. The van der Waals surface area contributed by atoms with Crippen molar-refractivity contribution >= 4 is 0 Å². The van der Waals surface area contributed by atoms with E-state index in [1.165, 1.54) is 42.6 Å². The van der Waals surface area contributed by atoms with Crippen LogP contribution >= 0.6 is 0 Å². The Bertz CT molecular complexity index is 436. The summed E-state index contributed by atoms with van der Waals surface area (Å²) in [6.45, 7) is 7.45. The van der Waals surface area contributed by atoms with Gasteiger partial charge in [-0.3, -0.25) is 4.68 Å². The Morgan fingerprint density at radius 2 is 1.88 bits per heavy atom.